The Morgan fingerprint density at radius 1 is 1.25 bits per heavy atom. The fraction of sp³-hybridized carbons (Fsp3) is 0.885. The van der Waals surface area contributed by atoms with Gasteiger partial charge in [-0.1, -0.05) is 25.5 Å². The van der Waals surface area contributed by atoms with E-state index >= 15 is 0 Å². The second-order valence-corrected chi connectivity index (χ2v) is 12.1. The van der Waals surface area contributed by atoms with Gasteiger partial charge in [0.1, 0.15) is 18.5 Å². The van der Waals surface area contributed by atoms with Gasteiger partial charge in [-0.25, -0.2) is 0 Å². The van der Waals surface area contributed by atoms with Crippen molar-refractivity contribution in [3.63, 3.8) is 0 Å². The van der Waals surface area contributed by atoms with E-state index in [0.717, 1.165) is 24.7 Å². The van der Waals surface area contributed by atoms with E-state index < -0.39 is 0 Å². The molecule has 0 aromatic carbocycles. The lowest BCUT2D eigenvalue weighted by molar-refractivity contribution is -0.116. The number of fused-ring (bicyclic) bond motifs is 7. The van der Waals surface area contributed by atoms with E-state index in [1.54, 1.807) is 12.7 Å². The third kappa shape index (κ3) is 3.15. The van der Waals surface area contributed by atoms with Gasteiger partial charge in [0, 0.05) is 26.6 Å². The Morgan fingerprint density at radius 3 is 2.75 bits per heavy atom. The quantitative estimate of drug-likeness (QED) is 0.249. The first-order valence-electron chi connectivity index (χ1n) is 12.5. The number of hydrogen-bond acceptors (Lipinski definition) is 5. The van der Waals surface area contributed by atoms with Crippen molar-refractivity contribution >= 4 is 17.4 Å². The van der Waals surface area contributed by atoms with Crippen LogP contribution in [-0.2, 0) is 18.9 Å². The highest BCUT2D eigenvalue weighted by Gasteiger charge is 2.79. The minimum absolute atomic E-state index is 0.00685. The van der Waals surface area contributed by atoms with Crippen LogP contribution in [0.25, 0.3) is 0 Å². The lowest BCUT2D eigenvalue weighted by atomic mass is 9.47. The van der Waals surface area contributed by atoms with Crippen molar-refractivity contribution in [2.75, 3.05) is 28.0 Å². The number of hydrogen-bond donors (Lipinski definition) is 0. The number of nitrogens with zero attached hydrogens (tertiary/aromatic N) is 1. The van der Waals surface area contributed by atoms with E-state index in [1.165, 1.54) is 32.1 Å². The predicted octanol–water partition coefficient (Wildman–Crippen LogP) is 4.94. The molecule has 0 N–H and O–H groups in total. The van der Waals surface area contributed by atoms with E-state index in [0.29, 0.717) is 35.5 Å². The normalized spacial score (nSPS) is 47.3. The molecule has 180 valence electrons. The van der Waals surface area contributed by atoms with Crippen molar-refractivity contribution in [2.45, 2.75) is 89.6 Å². The second kappa shape index (κ2) is 7.93. The average Bonchev–Trinajstić information content (AvgIpc) is 3.44. The largest absolute Gasteiger partial charge is 0.465 e. The van der Waals surface area contributed by atoms with Gasteiger partial charge in [0.05, 0.1) is 12.2 Å². The number of allylic oxidation sites excluding steroid dienone is 1. The van der Waals surface area contributed by atoms with Crippen molar-refractivity contribution < 1.29 is 18.9 Å². The van der Waals surface area contributed by atoms with Crippen LogP contribution < -0.4 is 0 Å². The molecule has 0 radical (unpaired) electrons. The van der Waals surface area contributed by atoms with Gasteiger partial charge in [0.25, 0.3) is 5.17 Å². The fourth-order valence-electron chi connectivity index (χ4n) is 8.50. The Morgan fingerprint density at radius 2 is 2.03 bits per heavy atom. The van der Waals surface area contributed by atoms with Crippen molar-refractivity contribution in [2.24, 2.45) is 28.6 Å². The summed E-state index contributed by atoms with van der Waals surface area (Å²) in [6.45, 7) is 7.63. The summed E-state index contributed by atoms with van der Waals surface area (Å²) in [5, 5.41) is 0.562. The van der Waals surface area contributed by atoms with Crippen LogP contribution in [0.3, 0.4) is 0 Å². The molecule has 1 aliphatic heterocycles. The van der Waals surface area contributed by atoms with Crippen LogP contribution in [0, 0.1) is 28.6 Å². The number of ether oxygens (including phenoxy) is 4. The van der Waals surface area contributed by atoms with Gasteiger partial charge in [-0.3, -0.25) is 0 Å². The van der Waals surface area contributed by atoms with Crippen molar-refractivity contribution in [1.82, 2.24) is 4.90 Å². The predicted molar refractivity (Wildman–Crippen MR) is 128 cm³/mol. The Bertz CT molecular complexity index is 801. The molecule has 5 rings (SSSR count). The smallest absolute Gasteiger partial charge is 0.259 e. The summed E-state index contributed by atoms with van der Waals surface area (Å²) in [5.41, 5.74) is 1.98. The van der Waals surface area contributed by atoms with Gasteiger partial charge in [0.15, 0.2) is 0 Å². The standard InChI is InChI=1S/C26H41NO4S/c1-16(30-23(32)27(4)5)26-22(31-26)14-21-19-8-7-17-13-18(29-15-28-6)9-11-24(17,2)20(19)10-12-25(21,26)3/h7,16,18-22H,8-15H2,1-6H3/t16-,18-,19+,20-,21-,22+,24-,25-,26+/m0/s1. The van der Waals surface area contributed by atoms with Crippen molar-refractivity contribution in [3.05, 3.63) is 11.6 Å². The second-order valence-electron chi connectivity index (χ2n) is 11.7. The van der Waals surface area contributed by atoms with Crippen LogP contribution in [0.15, 0.2) is 11.6 Å². The first kappa shape index (κ1) is 23.1. The molecule has 0 bridgehead atoms. The summed E-state index contributed by atoms with van der Waals surface area (Å²) in [7, 11) is 5.60. The monoisotopic (exact) mass is 463 g/mol. The fourth-order valence-corrected chi connectivity index (χ4v) is 8.64. The maximum Gasteiger partial charge on any atom is 0.259 e. The van der Waals surface area contributed by atoms with Crippen molar-refractivity contribution in [1.29, 1.82) is 0 Å². The minimum atomic E-state index is -0.167. The van der Waals surface area contributed by atoms with Crippen LogP contribution in [-0.4, -0.2) is 62.0 Å². The molecule has 0 amide bonds. The molecule has 0 spiro atoms. The first-order chi connectivity index (χ1) is 15.2. The van der Waals surface area contributed by atoms with E-state index in [-0.39, 0.29) is 17.1 Å². The van der Waals surface area contributed by atoms with Crippen LogP contribution in [0.1, 0.15) is 65.7 Å². The van der Waals surface area contributed by atoms with Gasteiger partial charge in [-0.2, -0.15) is 0 Å². The average molecular weight is 464 g/mol. The lowest BCUT2D eigenvalue weighted by Crippen LogP contribution is -2.55. The van der Waals surface area contributed by atoms with E-state index in [4.69, 9.17) is 31.2 Å². The summed E-state index contributed by atoms with van der Waals surface area (Å²) < 4.78 is 23.8. The Kier molecular flexibility index (Phi) is 5.72. The van der Waals surface area contributed by atoms with Crippen LogP contribution >= 0.6 is 12.2 Å². The summed E-state index contributed by atoms with van der Waals surface area (Å²) >= 11 is 5.47. The van der Waals surface area contributed by atoms with Crippen LogP contribution in [0.4, 0.5) is 0 Å². The number of methoxy groups -OCH3 is 1. The molecule has 4 aliphatic carbocycles. The molecule has 32 heavy (non-hydrogen) atoms. The molecule has 3 saturated carbocycles. The molecule has 4 fully saturated rings. The maximum absolute atomic E-state index is 6.47. The molecule has 1 heterocycles. The van der Waals surface area contributed by atoms with Crippen LogP contribution in [0.2, 0.25) is 0 Å². The maximum atomic E-state index is 6.47. The third-order valence-electron chi connectivity index (χ3n) is 10.2. The summed E-state index contributed by atoms with van der Waals surface area (Å²) in [6, 6.07) is 0. The SMILES string of the molecule is COCO[C@H]1CC[C@@]2(C)C(=CC[C@@H]3[C@@H]2CC[C@@]2(C)[C@H]3C[C@H]3O[C@]32[C@H](C)OC(=S)N(C)C)C1. The van der Waals surface area contributed by atoms with Gasteiger partial charge >= 0.3 is 0 Å². The Balaban J connectivity index is 1.35. The highest BCUT2D eigenvalue weighted by Crippen LogP contribution is 2.74. The van der Waals surface area contributed by atoms with Gasteiger partial charge in [0.2, 0.25) is 0 Å². The highest BCUT2D eigenvalue weighted by atomic mass is 32.1. The van der Waals surface area contributed by atoms with Crippen LogP contribution in [0.5, 0.6) is 0 Å². The summed E-state index contributed by atoms with van der Waals surface area (Å²) in [6.07, 6.45) is 11.6. The lowest BCUT2D eigenvalue weighted by Gasteiger charge is -2.58. The van der Waals surface area contributed by atoms with Gasteiger partial charge in [-0.05, 0) is 87.3 Å². The Hall–Kier alpha value is -0.690. The first-order valence-corrected chi connectivity index (χ1v) is 12.9. The third-order valence-corrected chi connectivity index (χ3v) is 10.7. The van der Waals surface area contributed by atoms with E-state index in [1.807, 2.05) is 19.0 Å². The van der Waals surface area contributed by atoms with E-state index in [9.17, 15) is 0 Å². The Labute approximate surface area is 199 Å². The molecule has 1 saturated heterocycles. The molecule has 5 nitrogen and oxygen atoms in total. The van der Waals surface area contributed by atoms with Gasteiger partial charge in [-0.15, -0.1) is 0 Å². The molecular formula is C26H41NO4S. The zero-order valence-electron chi connectivity index (χ0n) is 20.7. The minimum Gasteiger partial charge on any atom is -0.465 e. The molecule has 0 aromatic rings. The number of epoxide rings is 1. The number of rotatable bonds is 5. The molecule has 6 heteroatoms. The zero-order valence-corrected chi connectivity index (χ0v) is 21.5. The molecule has 9 atom stereocenters. The highest BCUT2D eigenvalue weighted by molar-refractivity contribution is 7.80. The molecule has 0 aromatic heterocycles. The van der Waals surface area contributed by atoms with Crippen molar-refractivity contribution in [3.8, 4) is 0 Å². The molecular weight excluding hydrogens is 422 g/mol. The molecule has 5 aliphatic rings. The van der Waals surface area contributed by atoms with E-state index in [2.05, 4.69) is 26.8 Å². The summed E-state index contributed by atoms with van der Waals surface area (Å²) in [4.78, 5) is 1.88. The topological polar surface area (TPSA) is 43.5 Å². The zero-order chi connectivity index (χ0) is 22.9. The molecule has 0 unspecified atom stereocenters. The van der Waals surface area contributed by atoms with Gasteiger partial charge < -0.3 is 23.8 Å². The summed E-state index contributed by atoms with van der Waals surface area (Å²) in [5.74, 6) is 2.23. The number of thiocarbonyl (C=S) groups is 1.